The minimum atomic E-state index is -1.28. The van der Waals surface area contributed by atoms with Crippen LogP contribution in [0.4, 0.5) is 24.1 Å². The van der Waals surface area contributed by atoms with Crippen molar-refractivity contribution in [2.75, 3.05) is 70.9 Å². The summed E-state index contributed by atoms with van der Waals surface area (Å²) in [6, 6.07) is 21.0. The number of H-pyrrole nitrogens is 1. The van der Waals surface area contributed by atoms with E-state index in [0.717, 1.165) is 22.9 Å². The van der Waals surface area contributed by atoms with Crippen LogP contribution < -0.4 is 15.0 Å². The van der Waals surface area contributed by atoms with Gasteiger partial charge in [-0.25, -0.2) is 28.3 Å². The van der Waals surface area contributed by atoms with Crippen molar-refractivity contribution in [2.45, 2.75) is 45.8 Å². The Morgan fingerprint density at radius 2 is 1.51 bits per heavy atom. The predicted molar refractivity (Wildman–Crippen MR) is 257 cm³/mol. The first-order chi connectivity index (χ1) is 33.5. The monoisotopic (exact) mass is 953 g/mol. The molecule has 0 radical (unpaired) electrons. The molecule has 9 rings (SSSR count). The number of hydrogen-bond donors (Lipinski definition) is 3. The van der Waals surface area contributed by atoms with Gasteiger partial charge in [-0.3, -0.25) is 29.5 Å². The summed E-state index contributed by atoms with van der Waals surface area (Å²) in [6.45, 7) is 9.73. The first-order valence-electron chi connectivity index (χ1n) is 23.2. The first kappa shape index (κ1) is 47.5. The highest BCUT2D eigenvalue weighted by Gasteiger charge is 2.32. The molecule has 3 fully saturated rings. The van der Waals surface area contributed by atoms with E-state index < -0.39 is 29.0 Å². The van der Waals surface area contributed by atoms with E-state index in [1.165, 1.54) is 56.4 Å². The quantitative estimate of drug-likeness (QED) is 0.118. The lowest BCUT2D eigenvalue weighted by atomic mass is 9.92. The van der Waals surface area contributed by atoms with Crippen molar-refractivity contribution in [3.05, 3.63) is 130 Å². The number of aromatic amines is 1. The molecule has 6 aromatic rings. The molecule has 0 atom stereocenters. The fourth-order valence-corrected chi connectivity index (χ4v) is 9.32. The highest BCUT2D eigenvalue weighted by molar-refractivity contribution is 6.07. The SMILES string of the molecule is COc1ccc(C(=O)N2CCN(C(=O)N3CCN(Cc4ccc(-c5cc6c(-c7cc(F)cc(CC(=O)c8ccc(C(C)(C)O)cc8F)c7C)ncnc6[nH]5)cc4)CC3)CC2)cc1N1CCC(=O)NC1=O. The summed E-state index contributed by atoms with van der Waals surface area (Å²) in [6.07, 6.45) is 1.30. The van der Waals surface area contributed by atoms with E-state index in [4.69, 9.17) is 4.74 Å². The van der Waals surface area contributed by atoms with Crippen molar-refractivity contribution < 1.29 is 42.6 Å². The highest BCUT2D eigenvalue weighted by Crippen LogP contribution is 2.35. The third-order valence-corrected chi connectivity index (χ3v) is 13.4. The number of halogens is 2. The van der Waals surface area contributed by atoms with Gasteiger partial charge in [-0.1, -0.05) is 30.3 Å². The number of piperazine rings is 2. The fourth-order valence-electron chi connectivity index (χ4n) is 9.32. The number of Topliss-reactive ketones (excluding diaryl/α,β-unsaturated/α-hetero) is 1. The Bertz CT molecular complexity index is 3030. The van der Waals surface area contributed by atoms with Crippen LogP contribution in [0, 0.1) is 18.6 Å². The second-order valence-electron chi connectivity index (χ2n) is 18.4. The molecule has 2 aromatic heterocycles. The molecule has 5 heterocycles. The van der Waals surface area contributed by atoms with E-state index in [9.17, 15) is 29.1 Å². The molecule has 6 amide bonds. The molecule has 0 spiro atoms. The number of hydrogen-bond acceptors (Lipinski definition) is 10. The number of ether oxygens (including phenoxy) is 1. The lowest BCUT2D eigenvalue weighted by Gasteiger charge is -2.40. The van der Waals surface area contributed by atoms with Crippen LogP contribution in [0.2, 0.25) is 0 Å². The molecule has 18 heteroatoms. The number of amides is 6. The van der Waals surface area contributed by atoms with Crippen LogP contribution in [0.1, 0.15) is 63.2 Å². The predicted octanol–water partition coefficient (Wildman–Crippen LogP) is 6.68. The normalized spacial score (nSPS) is 15.9. The van der Waals surface area contributed by atoms with Crippen molar-refractivity contribution in [1.29, 1.82) is 0 Å². The van der Waals surface area contributed by atoms with Crippen molar-refractivity contribution >= 4 is 46.4 Å². The Kier molecular flexibility index (Phi) is 13.2. The van der Waals surface area contributed by atoms with Gasteiger partial charge in [0, 0.05) is 100 Å². The number of carbonyl (C=O) groups excluding carboxylic acids is 5. The van der Waals surface area contributed by atoms with Gasteiger partial charge in [0.15, 0.2) is 5.78 Å². The number of carbonyl (C=O) groups is 5. The van der Waals surface area contributed by atoms with Crippen molar-refractivity contribution in [1.82, 2.24) is 39.9 Å². The average Bonchev–Trinajstić information content (AvgIpc) is 3.80. The number of aliphatic hydroxyl groups is 1. The van der Waals surface area contributed by atoms with E-state index in [2.05, 4.69) is 37.3 Å². The smallest absolute Gasteiger partial charge is 0.328 e. The summed E-state index contributed by atoms with van der Waals surface area (Å²) in [5, 5.41) is 13.2. The number of fused-ring (bicyclic) bond motifs is 1. The number of benzene rings is 4. The van der Waals surface area contributed by atoms with Gasteiger partial charge in [-0.2, -0.15) is 0 Å². The number of urea groups is 2. The van der Waals surface area contributed by atoms with Gasteiger partial charge in [-0.05, 0) is 97.1 Å². The molecule has 3 saturated heterocycles. The molecule has 0 aliphatic carbocycles. The molecule has 4 aromatic carbocycles. The molecule has 16 nitrogen and oxygen atoms in total. The third kappa shape index (κ3) is 9.82. The minimum absolute atomic E-state index is 0.0506. The molecule has 3 aliphatic rings. The number of ketones is 1. The van der Waals surface area contributed by atoms with Crippen molar-refractivity contribution in [3.63, 3.8) is 0 Å². The summed E-state index contributed by atoms with van der Waals surface area (Å²) >= 11 is 0. The molecule has 362 valence electrons. The van der Waals surface area contributed by atoms with Crippen LogP contribution in [-0.2, 0) is 23.4 Å². The number of nitrogens with zero attached hydrogens (tertiary/aromatic N) is 7. The van der Waals surface area contributed by atoms with E-state index in [1.807, 2.05) is 23.1 Å². The first-order valence-corrected chi connectivity index (χ1v) is 23.2. The highest BCUT2D eigenvalue weighted by atomic mass is 19.1. The maximum atomic E-state index is 15.3. The molecular weight excluding hydrogens is 901 g/mol. The molecule has 0 saturated carbocycles. The zero-order chi connectivity index (χ0) is 49.4. The van der Waals surface area contributed by atoms with E-state index >= 15 is 8.78 Å². The maximum absolute atomic E-state index is 15.3. The second kappa shape index (κ2) is 19.4. The Morgan fingerprint density at radius 3 is 2.19 bits per heavy atom. The Balaban J connectivity index is 0.788. The Morgan fingerprint density at radius 1 is 0.814 bits per heavy atom. The van der Waals surface area contributed by atoms with Crippen LogP contribution in [0.3, 0.4) is 0 Å². The van der Waals surface area contributed by atoms with Crippen LogP contribution in [0.5, 0.6) is 5.75 Å². The van der Waals surface area contributed by atoms with E-state index in [-0.39, 0.29) is 42.8 Å². The van der Waals surface area contributed by atoms with E-state index in [1.54, 1.807) is 34.9 Å². The standard InChI is InChI=1S/C52H53F2N9O7/c1-31-35(25-44(64)38-11-10-36(26-41(38)54)52(2,3)69)23-37(53)27-39(31)47-40-28-42(57-48(40)56-30-55-47)33-7-5-32(6-8-33)29-59-15-17-61(18-16-59)51(68)62-21-19-60(20-22-62)49(66)34-9-12-45(70-4)43(24-34)63-14-13-46(65)58-50(63)67/h5-12,23-24,26-28,30,69H,13-22,25,29H2,1-4H3,(H,55,56,57)(H,58,65,67). The minimum Gasteiger partial charge on any atom is -0.495 e. The lowest BCUT2D eigenvalue weighted by molar-refractivity contribution is -0.120. The fraction of sp³-hybridized carbons (Fsp3) is 0.327. The maximum Gasteiger partial charge on any atom is 0.328 e. The molecule has 3 aliphatic heterocycles. The van der Waals surface area contributed by atoms with E-state index in [0.29, 0.717) is 115 Å². The van der Waals surface area contributed by atoms with Gasteiger partial charge in [0.05, 0.1) is 29.7 Å². The van der Waals surface area contributed by atoms with Gasteiger partial charge in [-0.15, -0.1) is 0 Å². The third-order valence-electron chi connectivity index (χ3n) is 13.4. The Labute approximate surface area is 402 Å². The number of nitrogens with one attached hydrogen (secondary N) is 2. The molecule has 3 N–H and O–H groups in total. The zero-order valence-corrected chi connectivity index (χ0v) is 39.4. The summed E-state index contributed by atoms with van der Waals surface area (Å²) in [5.41, 5.74) is 5.03. The van der Waals surface area contributed by atoms with Gasteiger partial charge in [0.2, 0.25) is 5.91 Å². The van der Waals surface area contributed by atoms with Gasteiger partial charge >= 0.3 is 12.1 Å². The van der Waals surface area contributed by atoms with Gasteiger partial charge in [0.25, 0.3) is 5.91 Å². The lowest BCUT2D eigenvalue weighted by Crippen LogP contribution is -2.57. The number of methoxy groups -OCH3 is 1. The second-order valence-corrected chi connectivity index (χ2v) is 18.4. The number of aromatic nitrogens is 3. The van der Waals surface area contributed by atoms with Crippen molar-refractivity contribution in [3.8, 4) is 28.3 Å². The molecular formula is C52H53F2N9O7. The van der Waals surface area contributed by atoms with Crippen LogP contribution in [-0.4, -0.2) is 135 Å². The molecule has 70 heavy (non-hydrogen) atoms. The van der Waals surface area contributed by atoms with Gasteiger partial charge < -0.3 is 29.5 Å². The topological polar surface area (TPSA) is 185 Å². The van der Waals surface area contributed by atoms with Crippen molar-refractivity contribution in [2.24, 2.45) is 0 Å². The summed E-state index contributed by atoms with van der Waals surface area (Å²) in [7, 11) is 1.48. The summed E-state index contributed by atoms with van der Waals surface area (Å²) < 4.78 is 35.8. The number of imide groups is 1. The summed E-state index contributed by atoms with van der Waals surface area (Å²) in [4.78, 5) is 86.2. The largest absolute Gasteiger partial charge is 0.495 e. The van der Waals surface area contributed by atoms with Crippen LogP contribution in [0.25, 0.3) is 33.5 Å². The summed E-state index contributed by atoms with van der Waals surface area (Å²) in [5.74, 6) is -2.01. The van der Waals surface area contributed by atoms with Crippen LogP contribution >= 0.6 is 0 Å². The Hall–Kier alpha value is -7.57. The number of anilines is 1. The zero-order valence-electron chi connectivity index (χ0n) is 39.4. The average molecular weight is 954 g/mol. The number of rotatable bonds is 11. The van der Waals surface area contributed by atoms with Gasteiger partial charge in [0.1, 0.15) is 29.4 Å². The van der Waals surface area contributed by atoms with Crippen LogP contribution in [0.15, 0.2) is 85.2 Å². The molecule has 0 unspecified atom stereocenters. The molecule has 0 bridgehead atoms.